The molecule has 0 radical (unpaired) electrons. The highest BCUT2D eigenvalue weighted by molar-refractivity contribution is 8.14. The van der Waals surface area contributed by atoms with Gasteiger partial charge in [0.25, 0.3) is 9.05 Å². The summed E-state index contributed by atoms with van der Waals surface area (Å²) in [7, 11) is 1.40. The third-order valence-corrected chi connectivity index (χ3v) is 4.60. The van der Waals surface area contributed by atoms with Gasteiger partial charge in [0.15, 0.2) is 0 Å². The van der Waals surface area contributed by atoms with E-state index in [0.29, 0.717) is 10.1 Å². The van der Waals surface area contributed by atoms with Crippen LogP contribution < -0.4 is 0 Å². The zero-order valence-electron chi connectivity index (χ0n) is 7.68. The first-order valence-corrected chi connectivity index (χ1v) is 7.28. The lowest BCUT2D eigenvalue weighted by Gasteiger charge is -1.97. The summed E-state index contributed by atoms with van der Waals surface area (Å²) < 4.78 is 22.8. The minimum atomic E-state index is -3.84. The Kier molecular flexibility index (Phi) is 2.65. The Morgan fingerprint density at radius 2 is 2.06 bits per heavy atom. The van der Waals surface area contributed by atoms with E-state index in [4.69, 9.17) is 15.8 Å². The minimum absolute atomic E-state index is 0.0442. The largest absolute Gasteiger partial charge is 0.478 e. The van der Waals surface area contributed by atoms with E-state index in [1.807, 2.05) is 0 Å². The first-order valence-electron chi connectivity index (χ1n) is 4.09. The highest BCUT2D eigenvalue weighted by atomic mass is 35.7. The fourth-order valence-electron chi connectivity index (χ4n) is 1.39. The Hall–Kier alpha value is -1.11. The van der Waals surface area contributed by atoms with E-state index in [1.165, 1.54) is 23.6 Å². The molecule has 1 heterocycles. The van der Waals surface area contributed by atoms with Crippen LogP contribution in [0.5, 0.6) is 0 Å². The van der Waals surface area contributed by atoms with Gasteiger partial charge in [0.2, 0.25) is 0 Å². The van der Waals surface area contributed by atoms with Gasteiger partial charge in [-0.2, -0.15) is 0 Å². The van der Waals surface area contributed by atoms with Gasteiger partial charge in [-0.05, 0) is 6.07 Å². The van der Waals surface area contributed by atoms with Crippen LogP contribution in [0.2, 0.25) is 0 Å². The van der Waals surface area contributed by atoms with Crippen molar-refractivity contribution >= 4 is 47.1 Å². The number of aromatic carboxylic acids is 1. The number of hydrogen-bond donors (Lipinski definition) is 1. The maximum absolute atomic E-state index is 11.2. The minimum Gasteiger partial charge on any atom is -0.478 e. The van der Waals surface area contributed by atoms with E-state index in [1.54, 1.807) is 0 Å². The second-order valence-corrected chi connectivity index (χ2v) is 6.44. The zero-order chi connectivity index (χ0) is 11.9. The monoisotopic (exact) mass is 276 g/mol. The summed E-state index contributed by atoms with van der Waals surface area (Å²) in [5.74, 6) is -1.09. The molecular formula is C9H5ClO4S2. The molecule has 0 fully saturated rings. The Balaban J connectivity index is 2.87. The molecule has 1 aromatic heterocycles. The van der Waals surface area contributed by atoms with Crippen molar-refractivity contribution in [2.45, 2.75) is 4.90 Å². The number of fused-ring (bicyclic) bond motifs is 1. The van der Waals surface area contributed by atoms with Gasteiger partial charge in [-0.25, -0.2) is 13.2 Å². The molecule has 0 unspecified atom stereocenters. The van der Waals surface area contributed by atoms with E-state index in [-0.39, 0.29) is 10.5 Å². The normalized spacial score (nSPS) is 11.8. The molecule has 0 spiro atoms. The van der Waals surface area contributed by atoms with Crippen molar-refractivity contribution in [2.75, 3.05) is 0 Å². The van der Waals surface area contributed by atoms with Crippen molar-refractivity contribution in [2.24, 2.45) is 0 Å². The predicted molar refractivity (Wildman–Crippen MR) is 61.8 cm³/mol. The number of carboxylic acids is 1. The molecule has 16 heavy (non-hydrogen) atoms. The number of halogens is 1. The third kappa shape index (κ3) is 1.79. The summed E-state index contributed by atoms with van der Waals surface area (Å²) in [4.78, 5) is 10.9. The van der Waals surface area contributed by atoms with Gasteiger partial charge >= 0.3 is 5.97 Å². The van der Waals surface area contributed by atoms with Gasteiger partial charge in [0.1, 0.15) is 4.90 Å². The zero-order valence-corrected chi connectivity index (χ0v) is 10.1. The summed E-state index contributed by atoms with van der Waals surface area (Å²) in [5.41, 5.74) is 0.0778. The standard InChI is InChI=1S/C9H5ClO4S2/c10-16(13,14)7-4-15-8-5(7)2-1-3-6(8)9(11)12/h1-4H,(H,11,12). The molecular weight excluding hydrogens is 272 g/mol. The number of benzene rings is 1. The van der Waals surface area contributed by atoms with E-state index < -0.39 is 15.0 Å². The van der Waals surface area contributed by atoms with E-state index >= 15 is 0 Å². The molecule has 0 amide bonds. The fourth-order valence-corrected chi connectivity index (χ4v) is 4.01. The molecule has 1 aromatic carbocycles. The number of thiophene rings is 1. The number of hydrogen-bond acceptors (Lipinski definition) is 4. The Labute approximate surface area is 99.5 Å². The van der Waals surface area contributed by atoms with Crippen LogP contribution in [0.1, 0.15) is 10.4 Å². The number of carboxylic acid groups (broad SMARTS) is 1. The molecule has 0 aliphatic rings. The van der Waals surface area contributed by atoms with Crippen molar-refractivity contribution in [3.05, 3.63) is 29.1 Å². The maximum Gasteiger partial charge on any atom is 0.337 e. The van der Waals surface area contributed by atoms with Crippen LogP contribution in [0.15, 0.2) is 28.5 Å². The van der Waals surface area contributed by atoms with Gasteiger partial charge in [0, 0.05) is 21.4 Å². The fraction of sp³-hybridized carbons (Fsp3) is 0. The lowest BCUT2D eigenvalue weighted by Crippen LogP contribution is -1.96. The molecule has 84 valence electrons. The average Bonchev–Trinajstić information content (AvgIpc) is 2.59. The van der Waals surface area contributed by atoms with Gasteiger partial charge in [0.05, 0.1) is 10.3 Å². The van der Waals surface area contributed by atoms with Crippen LogP contribution in [-0.2, 0) is 9.05 Å². The lowest BCUT2D eigenvalue weighted by atomic mass is 10.2. The summed E-state index contributed by atoms with van der Waals surface area (Å²) in [6.07, 6.45) is 0. The van der Waals surface area contributed by atoms with Crippen LogP contribution in [0, 0.1) is 0 Å². The van der Waals surface area contributed by atoms with Crippen LogP contribution >= 0.6 is 22.0 Å². The van der Waals surface area contributed by atoms with Gasteiger partial charge in [-0.3, -0.25) is 0 Å². The molecule has 2 rings (SSSR count). The van der Waals surface area contributed by atoms with Crippen LogP contribution in [-0.4, -0.2) is 19.5 Å². The van der Waals surface area contributed by atoms with Crippen molar-refractivity contribution in [1.29, 1.82) is 0 Å². The van der Waals surface area contributed by atoms with Crippen molar-refractivity contribution in [1.82, 2.24) is 0 Å². The molecule has 0 atom stereocenters. The summed E-state index contributed by atoms with van der Waals surface area (Å²) in [6, 6.07) is 4.45. The molecule has 1 N–H and O–H groups in total. The Morgan fingerprint density at radius 3 is 2.62 bits per heavy atom. The number of carbonyl (C=O) groups is 1. The SMILES string of the molecule is O=C(O)c1cccc2c(S(=O)(=O)Cl)csc12. The second kappa shape index (κ2) is 3.73. The van der Waals surface area contributed by atoms with Crippen LogP contribution in [0.4, 0.5) is 0 Å². The topological polar surface area (TPSA) is 71.4 Å². The third-order valence-electron chi connectivity index (χ3n) is 2.06. The molecule has 0 aliphatic heterocycles. The lowest BCUT2D eigenvalue weighted by molar-refractivity contribution is 0.0699. The van der Waals surface area contributed by atoms with Crippen LogP contribution in [0.25, 0.3) is 10.1 Å². The van der Waals surface area contributed by atoms with E-state index in [9.17, 15) is 13.2 Å². The van der Waals surface area contributed by atoms with Gasteiger partial charge < -0.3 is 5.11 Å². The molecule has 0 saturated heterocycles. The first kappa shape index (κ1) is 11.4. The maximum atomic E-state index is 11.2. The smallest absolute Gasteiger partial charge is 0.337 e. The molecule has 2 aromatic rings. The summed E-state index contributed by atoms with van der Waals surface area (Å²) in [6.45, 7) is 0. The van der Waals surface area contributed by atoms with Crippen LogP contribution in [0.3, 0.4) is 0 Å². The van der Waals surface area contributed by atoms with Gasteiger partial charge in [-0.1, -0.05) is 12.1 Å². The predicted octanol–water partition coefficient (Wildman–Crippen LogP) is 2.53. The van der Waals surface area contributed by atoms with Crippen molar-refractivity contribution < 1.29 is 18.3 Å². The summed E-state index contributed by atoms with van der Waals surface area (Å²) in [5, 5.41) is 10.6. The van der Waals surface area contributed by atoms with Crippen molar-refractivity contribution in [3.63, 3.8) is 0 Å². The second-order valence-electron chi connectivity index (χ2n) is 3.03. The highest BCUT2D eigenvalue weighted by Gasteiger charge is 2.19. The Bertz CT molecular complexity index is 672. The Morgan fingerprint density at radius 1 is 1.38 bits per heavy atom. The first-order chi connectivity index (χ1) is 7.41. The highest BCUT2D eigenvalue weighted by Crippen LogP contribution is 2.33. The van der Waals surface area contributed by atoms with Gasteiger partial charge in [-0.15, -0.1) is 11.3 Å². The van der Waals surface area contributed by atoms with E-state index in [0.717, 1.165) is 11.3 Å². The number of rotatable bonds is 2. The average molecular weight is 277 g/mol. The molecule has 4 nitrogen and oxygen atoms in total. The van der Waals surface area contributed by atoms with Crippen molar-refractivity contribution in [3.8, 4) is 0 Å². The molecule has 7 heteroatoms. The summed E-state index contributed by atoms with van der Waals surface area (Å²) >= 11 is 1.05. The molecule has 0 saturated carbocycles. The molecule has 0 aliphatic carbocycles. The van der Waals surface area contributed by atoms with E-state index in [2.05, 4.69) is 0 Å². The quantitative estimate of drug-likeness (QED) is 0.856. The molecule has 0 bridgehead atoms.